The summed E-state index contributed by atoms with van der Waals surface area (Å²) < 4.78 is 15.7. The van der Waals surface area contributed by atoms with Gasteiger partial charge in [0, 0.05) is 25.7 Å². The van der Waals surface area contributed by atoms with Crippen molar-refractivity contribution in [3.05, 3.63) is 23.3 Å². The molecule has 0 radical (unpaired) electrons. The molecule has 1 aliphatic rings. The predicted molar refractivity (Wildman–Crippen MR) is 85.0 cm³/mol. The van der Waals surface area contributed by atoms with Gasteiger partial charge in [-0.3, -0.25) is 19.4 Å². The molecule has 1 heterocycles. The minimum Gasteiger partial charge on any atom is -0.496 e. The SMILES string of the molecule is COc1cc(OC)c(OC)cc1C=C1C(=O)N(C)C(=O)N(C)C1=O. The van der Waals surface area contributed by atoms with E-state index >= 15 is 0 Å². The highest BCUT2D eigenvalue weighted by Crippen LogP contribution is 2.36. The zero-order chi connectivity index (χ0) is 18.0. The third-order valence-corrected chi connectivity index (χ3v) is 3.68. The van der Waals surface area contributed by atoms with E-state index in [2.05, 4.69) is 0 Å². The standard InChI is InChI=1S/C16H18N2O6/c1-17-14(19)10(15(20)18(2)16(17)21)6-9-7-12(23-4)13(24-5)8-11(9)22-3/h6-8H,1-5H3. The van der Waals surface area contributed by atoms with Gasteiger partial charge in [-0.05, 0) is 12.1 Å². The van der Waals surface area contributed by atoms with Crippen LogP contribution in [0.15, 0.2) is 17.7 Å². The van der Waals surface area contributed by atoms with Crippen LogP contribution in [0.5, 0.6) is 17.2 Å². The first-order chi connectivity index (χ1) is 11.3. The Bertz CT molecular complexity index is 714. The summed E-state index contributed by atoms with van der Waals surface area (Å²) in [4.78, 5) is 38.1. The molecule has 0 aromatic heterocycles. The maximum atomic E-state index is 12.3. The van der Waals surface area contributed by atoms with Gasteiger partial charge in [0.05, 0.1) is 21.3 Å². The highest BCUT2D eigenvalue weighted by atomic mass is 16.5. The molecule has 1 aromatic carbocycles. The highest BCUT2D eigenvalue weighted by molar-refractivity contribution is 6.30. The lowest BCUT2D eigenvalue weighted by atomic mass is 10.1. The summed E-state index contributed by atoms with van der Waals surface area (Å²) in [5, 5.41) is 0. The van der Waals surface area contributed by atoms with Crippen molar-refractivity contribution in [3.8, 4) is 17.2 Å². The number of hydrogen-bond acceptors (Lipinski definition) is 6. The third kappa shape index (κ3) is 2.78. The smallest absolute Gasteiger partial charge is 0.333 e. The number of urea groups is 1. The van der Waals surface area contributed by atoms with Crippen molar-refractivity contribution >= 4 is 23.9 Å². The number of hydrogen-bond donors (Lipinski definition) is 0. The van der Waals surface area contributed by atoms with E-state index in [4.69, 9.17) is 14.2 Å². The fourth-order valence-electron chi connectivity index (χ4n) is 2.30. The monoisotopic (exact) mass is 334 g/mol. The van der Waals surface area contributed by atoms with Gasteiger partial charge >= 0.3 is 6.03 Å². The molecule has 128 valence electrons. The molecule has 24 heavy (non-hydrogen) atoms. The summed E-state index contributed by atoms with van der Waals surface area (Å²) in [5.74, 6) is -0.108. The molecule has 0 unspecified atom stereocenters. The molecule has 1 aromatic rings. The van der Waals surface area contributed by atoms with Crippen LogP contribution in [0.2, 0.25) is 0 Å². The molecule has 0 spiro atoms. The Kier molecular flexibility index (Phi) is 4.77. The molecule has 0 aliphatic carbocycles. The lowest BCUT2D eigenvalue weighted by Crippen LogP contribution is -2.52. The second kappa shape index (κ2) is 6.61. The van der Waals surface area contributed by atoms with Gasteiger partial charge in [0.25, 0.3) is 11.8 Å². The van der Waals surface area contributed by atoms with Crippen LogP contribution in [-0.4, -0.2) is 63.1 Å². The number of carbonyl (C=O) groups is 3. The largest absolute Gasteiger partial charge is 0.496 e. The Morgan fingerprint density at radius 1 is 0.792 bits per heavy atom. The number of imide groups is 2. The average Bonchev–Trinajstić information content (AvgIpc) is 2.61. The van der Waals surface area contributed by atoms with Crippen molar-refractivity contribution < 1.29 is 28.6 Å². The molecule has 1 aliphatic heterocycles. The molecule has 4 amide bonds. The second-order valence-corrected chi connectivity index (χ2v) is 5.02. The number of rotatable bonds is 4. The lowest BCUT2D eigenvalue weighted by Gasteiger charge is -2.29. The number of carbonyl (C=O) groups excluding carboxylic acids is 3. The first-order valence-electron chi connectivity index (χ1n) is 6.97. The number of methoxy groups -OCH3 is 3. The molecule has 1 saturated heterocycles. The van der Waals surface area contributed by atoms with Gasteiger partial charge in [0.15, 0.2) is 11.5 Å². The van der Waals surface area contributed by atoms with Crippen molar-refractivity contribution in [1.82, 2.24) is 9.80 Å². The zero-order valence-electron chi connectivity index (χ0n) is 14.1. The van der Waals surface area contributed by atoms with Gasteiger partial charge in [0.2, 0.25) is 0 Å². The van der Waals surface area contributed by atoms with E-state index in [9.17, 15) is 14.4 Å². The predicted octanol–water partition coefficient (Wildman–Crippen LogP) is 1.15. The van der Waals surface area contributed by atoms with Crippen LogP contribution >= 0.6 is 0 Å². The van der Waals surface area contributed by atoms with Crippen molar-refractivity contribution in [2.45, 2.75) is 0 Å². The highest BCUT2D eigenvalue weighted by Gasteiger charge is 2.38. The lowest BCUT2D eigenvalue weighted by molar-refractivity contribution is -0.134. The Balaban J connectivity index is 2.59. The van der Waals surface area contributed by atoms with E-state index in [0.29, 0.717) is 22.8 Å². The topological polar surface area (TPSA) is 85.4 Å². The third-order valence-electron chi connectivity index (χ3n) is 3.68. The van der Waals surface area contributed by atoms with Crippen LogP contribution in [0.3, 0.4) is 0 Å². The number of nitrogens with zero attached hydrogens (tertiary/aromatic N) is 2. The van der Waals surface area contributed by atoms with E-state index < -0.39 is 17.8 Å². The molecule has 0 saturated carbocycles. The van der Waals surface area contributed by atoms with Crippen molar-refractivity contribution in [3.63, 3.8) is 0 Å². The Labute approximate surface area is 139 Å². The molecule has 1 fully saturated rings. The molecule has 0 N–H and O–H groups in total. The summed E-state index contributed by atoms with van der Waals surface area (Å²) in [5.41, 5.74) is 0.299. The number of likely N-dealkylation sites (N-methyl/N-ethyl adjacent to an activating group) is 2. The van der Waals surface area contributed by atoms with E-state index in [-0.39, 0.29) is 5.57 Å². The summed E-state index contributed by atoms with van der Waals surface area (Å²) in [6, 6.07) is 2.49. The maximum Gasteiger partial charge on any atom is 0.333 e. The summed E-state index contributed by atoms with van der Waals surface area (Å²) >= 11 is 0. The normalized spacial score (nSPS) is 14.9. The Morgan fingerprint density at radius 3 is 1.71 bits per heavy atom. The summed E-state index contributed by atoms with van der Waals surface area (Å²) in [6.45, 7) is 0. The molecule has 0 bridgehead atoms. The van der Waals surface area contributed by atoms with Gasteiger partial charge in [-0.25, -0.2) is 4.79 Å². The number of benzene rings is 1. The fourth-order valence-corrected chi connectivity index (χ4v) is 2.30. The first kappa shape index (κ1) is 17.3. The summed E-state index contributed by atoms with van der Waals surface area (Å²) in [7, 11) is 7.04. The van der Waals surface area contributed by atoms with E-state index in [1.54, 1.807) is 12.1 Å². The van der Waals surface area contributed by atoms with Crippen LogP contribution < -0.4 is 14.2 Å². The minimum atomic E-state index is -0.681. The van der Waals surface area contributed by atoms with Gasteiger partial charge in [0.1, 0.15) is 11.3 Å². The molecule has 8 nitrogen and oxygen atoms in total. The van der Waals surface area contributed by atoms with Gasteiger partial charge < -0.3 is 14.2 Å². The Hall–Kier alpha value is -3.03. The average molecular weight is 334 g/mol. The molecule has 0 atom stereocenters. The second-order valence-electron chi connectivity index (χ2n) is 5.02. The number of ether oxygens (including phenoxy) is 3. The van der Waals surface area contributed by atoms with Gasteiger partial charge in [-0.15, -0.1) is 0 Å². The van der Waals surface area contributed by atoms with Crippen LogP contribution in [0.25, 0.3) is 6.08 Å². The zero-order valence-corrected chi connectivity index (χ0v) is 14.1. The van der Waals surface area contributed by atoms with Crippen molar-refractivity contribution in [2.75, 3.05) is 35.4 Å². The van der Waals surface area contributed by atoms with E-state index in [1.165, 1.54) is 41.5 Å². The number of barbiturate groups is 1. The maximum absolute atomic E-state index is 12.3. The van der Waals surface area contributed by atoms with Crippen molar-refractivity contribution in [1.29, 1.82) is 0 Å². The molecular formula is C16H18N2O6. The number of amides is 4. The van der Waals surface area contributed by atoms with Crippen LogP contribution in [0.4, 0.5) is 4.79 Å². The van der Waals surface area contributed by atoms with E-state index in [0.717, 1.165) is 9.80 Å². The molecular weight excluding hydrogens is 316 g/mol. The fraction of sp³-hybridized carbons (Fsp3) is 0.312. The molecule has 8 heteroatoms. The first-order valence-corrected chi connectivity index (χ1v) is 6.97. The quantitative estimate of drug-likeness (QED) is 0.606. The van der Waals surface area contributed by atoms with Crippen LogP contribution in [0.1, 0.15) is 5.56 Å². The van der Waals surface area contributed by atoms with Gasteiger partial charge in [-0.1, -0.05) is 0 Å². The van der Waals surface area contributed by atoms with Crippen LogP contribution in [0, 0.1) is 0 Å². The Morgan fingerprint density at radius 2 is 1.25 bits per heavy atom. The minimum absolute atomic E-state index is 0.148. The van der Waals surface area contributed by atoms with Crippen molar-refractivity contribution in [2.24, 2.45) is 0 Å². The summed E-state index contributed by atoms with van der Waals surface area (Å²) in [6.07, 6.45) is 1.37. The molecule has 2 rings (SSSR count). The van der Waals surface area contributed by atoms with E-state index in [1.807, 2.05) is 0 Å². The van der Waals surface area contributed by atoms with Crippen LogP contribution in [-0.2, 0) is 9.59 Å². The van der Waals surface area contributed by atoms with Gasteiger partial charge in [-0.2, -0.15) is 0 Å².